The summed E-state index contributed by atoms with van der Waals surface area (Å²) in [5, 5.41) is 13.4. The molecule has 2 atom stereocenters. The summed E-state index contributed by atoms with van der Waals surface area (Å²) in [4.78, 5) is 46.3. The van der Waals surface area contributed by atoms with Crippen LogP contribution in [-0.4, -0.2) is 53.0 Å². The van der Waals surface area contributed by atoms with Gasteiger partial charge in [0, 0.05) is 6.54 Å². The molecule has 0 aromatic rings. The number of nitrogens with zero attached hydrogens (tertiary/aromatic N) is 1. The lowest BCUT2D eigenvalue weighted by Gasteiger charge is -2.31. The van der Waals surface area contributed by atoms with Crippen LogP contribution in [-0.2, 0) is 14.4 Å². The van der Waals surface area contributed by atoms with Crippen LogP contribution in [0.5, 0.6) is 0 Å². The number of carboxylic acids is 1. The normalized spacial score (nSPS) is 20.7. The van der Waals surface area contributed by atoms with Crippen LogP contribution >= 0.6 is 0 Å². The highest BCUT2D eigenvalue weighted by Crippen LogP contribution is 2.06. The van der Waals surface area contributed by atoms with Crippen molar-refractivity contribution in [1.29, 1.82) is 0 Å². The summed E-state index contributed by atoms with van der Waals surface area (Å²) in [7, 11) is 0. The molecule has 1 aliphatic heterocycles. The molecule has 4 amide bonds. The number of carboxylic acid groups (broad SMARTS) is 1. The molecule has 0 aromatic carbocycles. The SMILES string of the molecule is CCC(CNC(=O)N1CC(=O)NC(=O)C1C)C(=O)O. The molecule has 8 heteroatoms. The minimum atomic E-state index is -0.997. The Balaban J connectivity index is 2.59. The molecule has 0 aliphatic carbocycles. The van der Waals surface area contributed by atoms with Crippen molar-refractivity contribution in [1.82, 2.24) is 15.5 Å². The molecule has 0 saturated carbocycles. The van der Waals surface area contributed by atoms with E-state index in [2.05, 4.69) is 10.6 Å². The van der Waals surface area contributed by atoms with E-state index in [1.165, 1.54) is 6.92 Å². The predicted octanol–water partition coefficient (Wildman–Crippen LogP) is -0.846. The van der Waals surface area contributed by atoms with E-state index in [1.807, 2.05) is 0 Å². The molecule has 1 rings (SSSR count). The highest BCUT2D eigenvalue weighted by molar-refractivity contribution is 6.03. The minimum Gasteiger partial charge on any atom is -0.481 e. The Hall–Kier alpha value is -2.12. The Morgan fingerprint density at radius 2 is 2.16 bits per heavy atom. The van der Waals surface area contributed by atoms with E-state index in [4.69, 9.17) is 5.11 Å². The standard InChI is InChI=1S/C11H17N3O5/c1-3-7(10(17)18)4-12-11(19)14-5-8(15)13-9(16)6(14)2/h6-7H,3-5H2,1-2H3,(H,12,19)(H,17,18)(H,13,15,16). The van der Waals surface area contributed by atoms with E-state index in [-0.39, 0.29) is 13.1 Å². The number of hydrogen-bond acceptors (Lipinski definition) is 4. The topological polar surface area (TPSA) is 116 Å². The van der Waals surface area contributed by atoms with E-state index in [9.17, 15) is 19.2 Å². The van der Waals surface area contributed by atoms with Crippen molar-refractivity contribution < 1.29 is 24.3 Å². The van der Waals surface area contributed by atoms with Gasteiger partial charge in [-0.15, -0.1) is 0 Å². The number of nitrogens with one attached hydrogen (secondary N) is 2. The number of carbonyl (C=O) groups excluding carboxylic acids is 3. The number of hydrogen-bond donors (Lipinski definition) is 3. The lowest BCUT2D eigenvalue weighted by Crippen LogP contribution is -2.60. The molecular formula is C11H17N3O5. The average Bonchev–Trinajstić information content (AvgIpc) is 2.33. The van der Waals surface area contributed by atoms with Crippen LogP contribution in [0.2, 0.25) is 0 Å². The zero-order valence-electron chi connectivity index (χ0n) is 10.8. The van der Waals surface area contributed by atoms with Crippen molar-refractivity contribution in [2.75, 3.05) is 13.1 Å². The number of imide groups is 1. The minimum absolute atomic E-state index is 0.0380. The summed E-state index contributed by atoms with van der Waals surface area (Å²) >= 11 is 0. The molecule has 1 aliphatic rings. The van der Waals surface area contributed by atoms with Gasteiger partial charge in [0.15, 0.2) is 0 Å². The van der Waals surface area contributed by atoms with Crippen LogP contribution in [0.3, 0.4) is 0 Å². The van der Waals surface area contributed by atoms with E-state index < -0.39 is 35.8 Å². The van der Waals surface area contributed by atoms with Crippen LogP contribution in [0.25, 0.3) is 0 Å². The van der Waals surface area contributed by atoms with E-state index >= 15 is 0 Å². The fourth-order valence-corrected chi connectivity index (χ4v) is 1.68. The summed E-state index contributed by atoms with van der Waals surface area (Å²) in [5.41, 5.74) is 0. The molecule has 0 aromatic heterocycles. The number of carbonyl (C=O) groups is 4. The second-order valence-corrected chi connectivity index (χ2v) is 4.35. The molecule has 0 bridgehead atoms. The first-order valence-electron chi connectivity index (χ1n) is 5.97. The maximum atomic E-state index is 11.8. The molecule has 0 spiro atoms. The van der Waals surface area contributed by atoms with Gasteiger partial charge in [-0.1, -0.05) is 6.92 Å². The van der Waals surface area contributed by atoms with Crippen molar-refractivity contribution in [3.05, 3.63) is 0 Å². The Morgan fingerprint density at radius 1 is 1.53 bits per heavy atom. The third kappa shape index (κ3) is 3.67. The van der Waals surface area contributed by atoms with Crippen molar-refractivity contribution in [2.45, 2.75) is 26.3 Å². The van der Waals surface area contributed by atoms with Gasteiger partial charge in [-0.3, -0.25) is 19.7 Å². The van der Waals surface area contributed by atoms with Gasteiger partial charge >= 0.3 is 12.0 Å². The largest absolute Gasteiger partial charge is 0.481 e. The summed E-state index contributed by atoms with van der Waals surface area (Å²) < 4.78 is 0. The van der Waals surface area contributed by atoms with Gasteiger partial charge in [0.1, 0.15) is 12.6 Å². The van der Waals surface area contributed by atoms with Gasteiger partial charge in [-0.2, -0.15) is 0 Å². The molecule has 1 saturated heterocycles. The fourth-order valence-electron chi connectivity index (χ4n) is 1.68. The molecular weight excluding hydrogens is 254 g/mol. The molecule has 2 unspecified atom stereocenters. The Bertz CT molecular complexity index is 409. The van der Waals surface area contributed by atoms with Gasteiger partial charge in [0.2, 0.25) is 11.8 Å². The van der Waals surface area contributed by atoms with Crippen molar-refractivity contribution in [3.63, 3.8) is 0 Å². The number of piperazine rings is 1. The highest BCUT2D eigenvalue weighted by Gasteiger charge is 2.33. The third-order valence-corrected chi connectivity index (χ3v) is 3.03. The van der Waals surface area contributed by atoms with Gasteiger partial charge in [0.05, 0.1) is 5.92 Å². The number of urea groups is 1. The second-order valence-electron chi connectivity index (χ2n) is 4.35. The van der Waals surface area contributed by atoms with Crippen molar-refractivity contribution >= 4 is 23.8 Å². The zero-order valence-corrected chi connectivity index (χ0v) is 10.8. The van der Waals surface area contributed by atoms with E-state index in [0.717, 1.165) is 4.90 Å². The molecule has 1 heterocycles. The third-order valence-electron chi connectivity index (χ3n) is 3.03. The number of amides is 4. The van der Waals surface area contributed by atoms with Crippen molar-refractivity contribution in [2.24, 2.45) is 5.92 Å². The van der Waals surface area contributed by atoms with Crippen LogP contribution < -0.4 is 10.6 Å². The molecule has 19 heavy (non-hydrogen) atoms. The first-order chi connectivity index (χ1) is 8.86. The van der Waals surface area contributed by atoms with Crippen LogP contribution in [0.15, 0.2) is 0 Å². The van der Waals surface area contributed by atoms with Gasteiger partial charge < -0.3 is 15.3 Å². The van der Waals surface area contributed by atoms with Crippen LogP contribution in [0.4, 0.5) is 4.79 Å². The molecule has 1 fully saturated rings. The molecule has 3 N–H and O–H groups in total. The van der Waals surface area contributed by atoms with Gasteiger partial charge in [0.25, 0.3) is 0 Å². The maximum absolute atomic E-state index is 11.8. The van der Waals surface area contributed by atoms with Gasteiger partial charge in [-0.25, -0.2) is 4.79 Å². The number of aliphatic carboxylic acids is 1. The predicted molar refractivity (Wildman–Crippen MR) is 64.1 cm³/mol. The summed E-state index contributed by atoms with van der Waals surface area (Å²) in [6, 6.07) is -1.38. The summed E-state index contributed by atoms with van der Waals surface area (Å²) in [6.45, 7) is 2.94. The van der Waals surface area contributed by atoms with E-state index in [1.54, 1.807) is 6.92 Å². The average molecular weight is 271 g/mol. The quantitative estimate of drug-likeness (QED) is 0.576. The second kappa shape index (κ2) is 6.17. The van der Waals surface area contributed by atoms with Crippen molar-refractivity contribution in [3.8, 4) is 0 Å². The highest BCUT2D eigenvalue weighted by atomic mass is 16.4. The maximum Gasteiger partial charge on any atom is 0.318 e. The first-order valence-corrected chi connectivity index (χ1v) is 5.97. The fraction of sp³-hybridized carbons (Fsp3) is 0.636. The summed E-state index contributed by atoms with van der Waals surface area (Å²) in [6.07, 6.45) is 0.380. The van der Waals surface area contributed by atoms with Crippen LogP contribution in [0.1, 0.15) is 20.3 Å². The van der Waals surface area contributed by atoms with E-state index in [0.29, 0.717) is 6.42 Å². The molecule has 0 radical (unpaired) electrons. The number of rotatable bonds is 4. The lowest BCUT2D eigenvalue weighted by atomic mass is 10.1. The Morgan fingerprint density at radius 3 is 2.68 bits per heavy atom. The Labute approximate surface area is 110 Å². The lowest BCUT2D eigenvalue weighted by molar-refractivity contribution is -0.142. The van der Waals surface area contributed by atoms with Crippen LogP contribution in [0, 0.1) is 5.92 Å². The smallest absolute Gasteiger partial charge is 0.318 e. The monoisotopic (exact) mass is 271 g/mol. The molecule has 8 nitrogen and oxygen atoms in total. The molecule has 106 valence electrons. The van der Waals surface area contributed by atoms with Gasteiger partial charge in [-0.05, 0) is 13.3 Å². The Kier molecular flexibility index (Phi) is 4.85. The summed E-state index contributed by atoms with van der Waals surface area (Å²) in [5.74, 6) is -2.78. The zero-order chi connectivity index (χ0) is 14.6. The first kappa shape index (κ1) is 14.9.